The Labute approximate surface area is 112 Å². The highest BCUT2D eigenvalue weighted by atomic mass is 35.5. The van der Waals surface area contributed by atoms with Gasteiger partial charge in [0.25, 0.3) is 0 Å². The van der Waals surface area contributed by atoms with Gasteiger partial charge >= 0.3 is 0 Å². The SMILES string of the molecule is Nc1c(Cl)ncnc1N1CCC(N2CCCC2)C1. The van der Waals surface area contributed by atoms with E-state index in [9.17, 15) is 0 Å². The molecule has 2 aliphatic rings. The van der Waals surface area contributed by atoms with E-state index in [0.717, 1.165) is 18.9 Å². The van der Waals surface area contributed by atoms with Crippen LogP contribution in [0.5, 0.6) is 0 Å². The van der Waals surface area contributed by atoms with E-state index in [-0.39, 0.29) is 0 Å². The van der Waals surface area contributed by atoms with Crippen molar-refractivity contribution in [2.24, 2.45) is 0 Å². The normalized spacial score (nSPS) is 24.9. The van der Waals surface area contributed by atoms with E-state index in [1.54, 1.807) is 0 Å². The molecule has 0 radical (unpaired) electrons. The molecule has 2 fully saturated rings. The van der Waals surface area contributed by atoms with Crippen molar-refractivity contribution >= 4 is 23.1 Å². The summed E-state index contributed by atoms with van der Waals surface area (Å²) in [7, 11) is 0. The number of nitrogens with two attached hydrogens (primary N) is 1. The maximum absolute atomic E-state index is 5.95. The molecule has 0 bridgehead atoms. The van der Waals surface area contributed by atoms with Gasteiger partial charge in [0.05, 0.1) is 0 Å². The van der Waals surface area contributed by atoms with Crippen LogP contribution in [0.15, 0.2) is 6.33 Å². The van der Waals surface area contributed by atoms with Crippen LogP contribution in [0, 0.1) is 0 Å². The van der Waals surface area contributed by atoms with Crippen LogP contribution >= 0.6 is 11.6 Å². The van der Waals surface area contributed by atoms with Gasteiger partial charge in [-0.3, -0.25) is 4.90 Å². The number of aromatic nitrogens is 2. The van der Waals surface area contributed by atoms with Gasteiger partial charge in [0.2, 0.25) is 0 Å². The first-order valence-corrected chi connectivity index (χ1v) is 6.88. The molecule has 6 heteroatoms. The van der Waals surface area contributed by atoms with Gasteiger partial charge in [0.15, 0.2) is 11.0 Å². The predicted molar refractivity (Wildman–Crippen MR) is 72.9 cm³/mol. The Bertz CT molecular complexity index is 432. The summed E-state index contributed by atoms with van der Waals surface area (Å²) in [6.07, 6.45) is 5.33. The van der Waals surface area contributed by atoms with Crippen molar-refractivity contribution in [2.75, 3.05) is 36.8 Å². The van der Waals surface area contributed by atoms with Crippen LogP contribution in [0.2, 0.25) is 5.15 Å². The zero-order valence-electron chi connectivity index (χ0n) is 10.3. The zero-order valence-corrected chi connectivity index (χ0v) is 11.1. The largest absolute Gasteiger partial charge is 0.393 e. The molecular weight excluding hydrogens is 250 g/mol. The summed E-state index contributed by atoms with van der Waals surface area (Å²) in [5.74, 6) is 0.789. The first-order valence-electron chi connectivity index (χ1n) is 6.50. The quantitative estimate of drug-likeness (QED) is 0.821. The lowest BCUT2D eigenvalue weighted by molar-refractivity contribution is 0.260. The minimum Gasteiger partial charge on any atom is -0.393 e. The highest BCUT2D eigenvalue weighted by Gasteiger charge is 2.30. The fourth-order valence-corrected chi connectivity index (χ4v) is 3.08. The molecule has 1 atom stereocenters. The maximum atomic E-state index is 5.95. The molecule has 1 aromatic heterocycles. The Balaban J connectivity index is 1.73. The zero-order chi connectivity index (χ0) is 12.5. The van der Waals surface area contributed by atoms with Gasteiger partial charge in [-0.2, -0.15) is 0 Å². The molecule has 0 aliphatic carbocycles. The van der Waals surface area contributed by atoms with Crippen molar-refractivity contribution in [2.45, 2.75) is 25.3 Å². The van der Waals surface area contributed by atoms with E-state index >= 15 is 0 Å². The van der Waals surface area contributed by atoms with Crippen molar-refractivity contribution < 1.29 is 0 Å². The van der Waals surface area contributed by atoms with Crippen molar-refractivity contribution in [3.8, 4) is 0 Å². The summed E-state index contributed by atoms with van der Waals surface area (Å²) >= 11 is 5.94. The van der Waals surface area contributed by atoms with Gasteiger partial charge in [-0.1, -0.05) is 11.6 Å². The van der Waals surface area contributed by atoms with Crippen LogP contribution in [0.25, 0.3) is 0 Å². The summed E-state index contributed by atoms with van der Waals surface area (Å²) in [6, 6.07) is 0.639. The first kappa shape index (κ1) is 12.0. The number of halogens is 1. The molecule has 3 rings (SSSR count). The van der Waals surface area contributed by atoms with Crippen molar-refractivity contribution in [1.82, 2.24) is 14.9 Å². The molecule has 2 aliphatic heterocycles. The molecule has 5 nitrogen and oxygen atoms in total. The van der Waals surface area contributed by atoms with Crippen LogP contribution in [0.4, 0.5) is 11.5 Å². The fourth-order valence-electron chi connectivity index (χ4n) is 2.96. The summed E-state index contributed by atoms with van der Waals surface area (Å²) < 4.78 is 0. The third kappa shape index (κ3) is 2.12. The van der Waals surface area contributed by atoms with Crippen LogP contribution in [0.3, 0.4) is 0 Å². The van der Waals surface area contributed by atoms with Gasteiger partial charge in [0.1, 0.15) is 12.0 Å². The summed E-state index contributed by atoms with van der Waals surface area (Å²) in [5, 5.41) is 0.352. The Morgan fingerprint density at radius 1 is 1.22 bits per heavy atom. The highest BCUT2D eigenvalue weighted by molar-refractivity contribution is 6.32. The topological polar surface area (TPSA) is 58.3 Å². The number of nitrogens with zero attached hydrogens (tertiary/aromatic N) is 4. The van der Waals surface area contributed by atoms with E-state index in [0.29, 0.717) is 16.9 Å². The Kier molecular flexibility index (Phi) is 3.26. The molecule has 2 saturated heterocycles. The van der Waals surface area contributed by atoms with E-state index in [1.165, 1.54) is 38.7 Å². The second-order valence-corrected chi connectivity index (χ2v) is 5.39. The molecule has 0 aromatic carbocycles. The second-order valence-electron chi connectivity index (χ2n) is 5.03. The Morgan fingerprint density at radius 3 is 2.78 bits per heavy atom. The summed E-state index contributed by atoms with van der Waals surface area (Å²) in [5.41, 5.74) is 6.45. The number of hydrogen-bond acceptors (Lipinski definition) is 5. The number of hydrogen-bond donors (Lipinski definition) is 1. The van der Waals surface area contributed by atoms with Crippen LogP contribution in [-0.4, -0.2) is 47.1 Å². The molecule has 3 heterocycles. The molecule has 0 spiro atoms. The average molecular weight is 268 g/mol. The number of nitrogen functional groups attached to an aromatic ring is 1. The van der Waals surface area contributed by atoms with Crippen molar-refractivity contribution in [3.63, 3.8) is 0 Å². The van der Waals surface area contributed by atoms with Crippen LogP contribution in [0.1, 0.15) is 19.3 Å². The minimum absolute atomic E-state index is 0.352. The fraction of sp³-hybridized carbons (Fsp3) is 0.667. The second kappa shape index (κ2) is 4.90. The van der Waals surface area contributed by atoms with Gasteiger partial charge in [-0.05, 0) is 32.4 Å². The van der Waals surface area contributed by atoms with Gasteiger partial charge in [-0.25, -0.2) is 9.97 Å². The minimum atomic E-state index is 0.352. The molecule has 0 saturated carbocycles. The molecule has 0 amide bonds. The molecule has 1 aromatic rings. The number of rotatable bonds is 2. The van der Waals surface area contributed by atoms with Gasteiger partial charge < -0.3 is 10.6 Å². The number of likely N-dealkylation sites (tertiary alicyclic amines) is 1. The lowest BCUT2D eigenvalue weighted by atomic mass is 10.2. The van der Waals surface area contributed by atoms with Gasteiger partial charge in [-0.15, -0.1) is 0 Å². The number of anilines is 2. The van der Waals surface area contributed by atoms with Crippen LogP contribution in [-0.2, 0) is 0 Å². The smallest absolute Gasteiger partial charge is 0.157 e. The Morgan fingerprint density at radius 2 is 2.00 bits per heavy atom. The summed E-state index contributed by atoms with van der Waals surface area (Å²) in [4.78, 5) is 13.0. The molecular formula is C12H18ClN5. The van der Waals surface area contributed by atoms with E-state index < -0.39 is 0 Å². The average Bonchev–Trinajstić information content (AvgIpc) is 3.01. The monoisotopic (exact) mass is 267 g/mol. The van der Waals surface area contributed by atoms with Crippen molar-refractivity contribution in [1.29, 1.82) is 0 Å². The molecule has 1 unspecified atom stereocenters. The Hall–Kier alpha value is -1.07. The standard InChI is InChI=1S/C12H18ClN5/c13-11-10(14)12(16-8-15-11)18-6-3-9(7-18)17-4-1-2-5-17/h8-9H,1-7,14H2. The third-order valence-electron chi connectivity index (χ3n) is 3.93. The van der Waals surface area contributed by atoms with Crippen LogP contribution < -0.4 is 10.6 Å². The maximum Gasteiger partial charge on any atom is 0.157 e. The highest BCUT2D eigenvalue weighted by Crippen LogP contribution is 2.30. The van der Waals surface area contributed by atoms with E-state index in [4.69, 9.17) is 17.3 Å². The predicted octanol–water partition coefficient (Wildman–Crippen LogP) is 1.39. The lowest BCUT2D eigenvalue weighted by Gasteiger charge is -2.24. The van der Waals surface area contributed by atoms with E-state index in [2.05, 4.69) is 19.8 Å². The molecule has 18 heavy (non-hydrogen) atoms. The summed E-state index contributed by atoms with van der Waals surface area (Å²) in [6.45, 7) is 4.47. The molecule has 98 valence electrons. The first-order chi connectivity index (χ1) is 8.75. The van der Waals surface area contributed by atoms with E-state index in [1.807, 2.05) is 0 Å². The van der Waals surface area contributed by atoms with Gasteiger partial charge in [0, 0.05) is 19.1 Å². The lowest BCUT2D eigenvalue weighted by Crippen LogP contribution is -2.35. The van der Waals surface area contributed by atoms with Crippen molar-refractivity contribution in [3.05, 3.63) is 11.5 Å². The molecule has 2 N–H and O–H groups in total. The third-order valence-corrected chi connectivity index (χ3v) is 4.24.